The van der Waals surface area contributed by atoms with Crippen molar-refractivity contribution in [2.24, 2.45) is 0 Å². The molecular weight excluding hydrogens is 152 g/mol. The van der Waals surface area contributed by atoms with Crippen LogP contribution in [0.4, 0.5) is 13.2 Å². The van der Waals surface area contributed by atoms with Gasteiger partial charge in [-0.25, -0.2) is 0 Å². The van der Waals surface area contributed by atoms with Crippen LogP contribution in [-0.4, -0.2) is 5.92 Å². The number of alkyl halides is 3. The lowest BCUT2D eigenvalue weighted by atomic mass is 11.5. The largest absolute Gasteiger partial charge is 0.432 e. The number of hydrogen-bond donors (Lipinski definition) is 0. The molecule has 6 heteroatoms. The van der Waals surface area contributed by atoms with Crippen LogP contribution in [0.3, 0.4) is 0 Å². The van der Waals surface area contributed by atoms with Crippen LogP contribution < -0.4 is 0 Å². The molecule has 0 rings (SSSR count). The number of halogens is 3. The predicted octanol–water partition coefficient (Wildman–Crippen LogP) is 1.95. The molecule has 0 radical (unpaired) electrons. The zero-order chi connectivity index (χ0) is 7.49. The van der Waals surface area contributed by atoms with Crippen LogP contribution in [0, 0.1) is 22.1 Å². The lowest BCUT2D eigenvalue weighted by molar-refractivity contribution is -0.0378. The molecule has 9 heavy (non-hydrogen) atoms. The summed E-state index contributed by atoms with van der Waals surface area (Å²) < 4.78 is 33.9. The summed E-state index contributed by atoms with van der Waals surface area (Å²) in [5.74, 6) is -2.90. The first-order valence-electron chi connectivity index (χ1n) is 1.68. The first-order valence-corrected chi connectivity index (χ1v) is 3.03. The Morgan fingerprint density at radius 2 is 1.44 bits per heavy atom. The summed E-state index contributed by atoms with van der Waals surface area (Å²) in [5.41, 5.74) is 0. The molecule has 0 saturated heterocycles. The molecule has 0 aromatic rings. The Morgan fingerprint density at radius 3 is 1.44 bits per heavy atom. The molecule has 0 aromatic carbocycles. The second-order valence-corrected chi connectivity index (χ2v) is 2.58. The molecule has 0 aromatic heterocycles. The quantitative estimate of drug-likeness (QED) is 0.498. The second kappa shape index (κ2) is 2.66. The van der Waals surface area contributed by atoms with Gasteiger partial charge in [0.15, 0.2) is 0 Å². The third kappa shape index (κ3) is 2.30. The summed E-state index contributed by atoms with van der Waals surface area (Å²) >= 11 is 0. The first-order chi connectivity index (χ1) is 4.02. The summed E-state index contributed by atoms with van der Waals surface area (Å²) in [6.45, 7) is 0. The van der Waals surface area contributed by atoms with E-state index in [2.05, 4.69) is 0 Å². The van der Waals surface area contributed by atoms with Crippen LogP contribution in [0.5, 0.6) is 0 Å². The Balaban J connectivity index is 4.23. The van der Waals surface area contributed by atoms with E-state index >= 15 is 0 Å². The topological polar surface area (TPSA) is 47.6 Å². The minimum absolute atomic E-state index is 0.870. The van der Waals surface area contributed by atoms with E-state index in [1.807, 2.05) is 0 Å². The minimum Gasteiger partial charge on any atom is -0.192 e. The number of nitriles is 2. The summed E-state index contributed by atoms with van der Waals surface area (Å²) in [7, 11) is -3.09. The average Bonchev–Trinajstić information content (AvgIpc) is 1.65. The van der Waals surface area contributed by atoms with Crippen LogP contribution in [0.2, 0.25) is 0 Å². The highest BCUT2D eigenvalue weighted by molar-refractivity contribution is 7.68. The van der Waals surface area contributed by atoms with Gasteiger partial charge in [0.1, 0.15) is 11.6 Å². The standard InChI is InChI=1S/C3F3N2P/c4-3(5,6)9(1-7)2-8. The Hall–Kier alpha value is -0.800. The molecule has 0 atom stereocenters. The zero-order valence-corrected chi connectivity index (χ0v) is 4.87. The van der Waals surface area contributed by atoms with Crippen molar-refractivity contribution in [2.45, 2.75) is 5.92 Å². The highest BCUT2D eigenvalue weighted by atomic mass is 31.1. The summed E-state index contributed by atoms with van der Waals surface area (Å²) in [5, 5.41) is 15.4. The molecule has 0 amide bonds. The van der Waals surface area contributed by atoms with Crippen molar-refractivity contribution in [2.75, 3.05) is 0 Å². The van der Waals surface area contributed by atoms with Gasteiger partial charge in [-0.05, 0) is 0 Å². The van der Waals surface area contributed by atoms with Gasteiger partial charge in [-0.2, -0.15) is 23.7 Å². The maximum absolute atomic E-state index is 11.3. The number of nitrogens with zero attached hydrogens (tertiary/aromatic N) is 2. The van der Waals surface area contributed by atoms with Gasteiger partial charge in [0.25, 0.3) is 0 Å². The maximum atomic E-state index is 11.3. The summed E-state index contributed by atoms with van der Waals surface area (Å²) in [6, 6.07) is 0. The Labute approximate surface area is 50.3 Å². The Kier molecular flexibility index (Phi) is 2.42. The molecule has 0 spiro atoms. The fourth-order valence-corrected chi connectivity index (χ4v) is 0.407. The average molecular weight is 152 g/mol. The van der Waals surface area contributed by atoms with E-state index in [-0.39, 0.29) is 0 Å². The van der Waals surface area contributed by atoms with E-state index in [4.69, 9.17) is 10.5 Å². The molecule has 0 aliphatic heterocycles. The van der Waals surface area contributed by atoms with Gasteiger partial charge in [-0.3, -0.25) is 0 Å². The van der Waals surface area contributed by atoms with Gasteiger partial charge >= 0.3 is 5.92 Å². The van der Waals surface area contributed by atoms with Crippen LogP contribution in [0.25, 0.3) is 0 Å². The van der Waals surface area contributed by atoms with Crippen molar-refractivity contribution in [3.8, 4) is 11.6 Å². The molecule has 48 valence electrons. The molecule has 0 unspecified atom stereocenters. The van der Waals surface area contributed by atoms with Gasteiger partial charge in [-0.15, -0.1) is 0 Å². The lowest BCUT2D eigenvalue weighted by Gasteiger charge is -2.01. The van der Waals surface area contributed by atoms with Gasteiger partial charge in [0, 0.05) is 0 Å². The third-order valence-electron chi connectivity index (χ3n) is 0.454. The summed E-state index contributed by atoms with van der Waals surface area (Å²) in [4.78, 5) is 0. The fourth-order valence-electron chi connectivity index (χ4n) is 0.136. The molecule has 0 fully saturated rings. The van der Waals surface area contributed by atoms with Crippen molar-refractivity contribution in [1.82, 2.24) is 0 Å². The molecule has 2 nitrogen and oxygen atoms in total. The second-order valence-electron chi connectivity index (χ2n) is 1.00. The van der Waals surface area contributed by atoms with Crippen molar-refractivity contribution in [1.29, 1.82) is 10.5 Å². The van der Waals surface area contributed by atoms with Gasteiger partial charge < -0.3 is 0 Å². The summed E-state index contributed by atoms with van der Waals surface area (Å²) in [6.07, 6.45) is 0. The van der Waals surface area contributed by atoms with Crippen LogP contribution >= 0.6 is 7.92 Å². The van der Waals surface area contributed by atoms with Gasteiger partial charge in [-0.1, -0.05) is 0 Å². The maximum Gasteiger partial charge on any atom is 0.432 e. The predicted molar refractivity (Wildman–Crippen MR) is 24.2 cm³/mol. The molecule has 0 saturated carbocycles. The molecule has 0 aliphatic rings. The Bertz CT molecular complexity index is 159. The number of rotatable bonds is 0. The van der Waals surface area contributed by atoms with Gasteiger partial charge in [0.05, 0.1) is 0 Å². The normalized spacial score (nSPS) is 10.4. The number of hydrogen-bond acceptors (Lipinski definition) is 2. The highest BCUT2D eigenvalue weighted by Crippen LogP contribution is 2.50. The van der Waals surface area contributed by atoms with Crippen molar-refractivity contribution in [3.05, 3.63) is 0 Å². The zero-order valence-electron chi connectivity index (χ0n) is 3.98. The van der Waals surface area contributed by atoms with Crippen molar-refractivity contribution >= 4 is 7.92 Å². The molecule has 0 heterocycles. The van der Waals surface area contributed by atoms with E-state index in [0.29, 0.717) is 0 Å². The molecule has 0 N–H and O–H groups in total. The first kappa shape index (κ1) is 8.20. The van der Waals surface area contributed by atoms with E-state index in [0.717, 1.165) is 11.6 Å². The monoisotopic (exact) mass is 152 g/mol. The smallest absolute Gasteiger partial charge is 0.192 e. The van der Waals surface area contributed by atoms with Crippen LogP contribution in [0.1, 0.15) is 0 Å². The fraction of sp³-hybridized carbons (Fsp3) is 0.333. The van der Waals surface area contributed by atoms with E-state index in [9.17, 15) is 13.2 Å². The van der Waals surface area contributed by atoms with E-state index in [1.54, 1.807) is 0 Å². The van der Waals surface area contributed by atoms with E-state index < -0.39 is 13.8 Å². The minimum atomic E-state index is -4.64. The Morgan fingerprint density at radius 1 is 1.11 bits per heavy atom. The van der Waals surface area contributed by atoms with Crippen molar-refractivity contribution < 1.29 is 13.2 Å². The van der Waals surface area contributed by atoms with Gasteiger partial charge in [0.2, 0.25) is 7.92 Å². The SMILES string of the molecule is N#CP(C#N)C(F)(F)F. The lowest BCUT2D eigenvalue weighted by Crippen LogP contribution is -2.00. The van der Waals surface area contributed by atoms with Crippen LogP contribution in [0.15, 0.2) is 0 Å². The van der Waals surface area contributed by atoms with E-state index in [1.165, 1.54) is 0 Å². The highest BCUT2D eigenvalue weighted by Gasteiger charge is 2.40. The molecule has 0 aliphatic carbocycles. The van der Waals surface area contributed by atoms with Crippen LogP contribution in [-0.2, 0) is 0 Å². The third-order valence-corrected chi connectivity index (χ3v) is 1.36. The molecule has 0 bridgehead atoms. The molecular formula is C3F3N2P. The van der Waals surface area contributed by atoms with Crippen molar-refractivity contribution in [3.63, 3.8) is 0 Å².